The first kappa shape index (κ1) is 24.9. The van der Waals surface area contributed by atoms with Gasteiger partial charge in [-0.3, -0.25) is 14.6 Å². The molecule has 0 saturated heterocycles. The van der Waals surface area contributed by atoms with Crippen LogP contribution < -0.4 is 16.4 Å². The highest BCUT2D eigenvalue weighted by molar-refractivity contribution is 7.59. The molecule has 0 spiro atoms. The number of amides is 2. The smallest absolute Gasteiger partial charge is 0.251 e. The molecule has 0 unspecified atom stereocenters. The number of nitrogens with zero attached hydrogens (tertiary/aromatic N) is 2. The maximum atomic E-state index is 12.6. The van der Waals surface area contributed by atoms with Crippen LogP contribution in [-0.4, -0.2) is 39.5 Å². The molecule has 0 saturated carbocycles. The van der Waals surface area contributed by atoms with Crippen molar-refractivity contribution in [3.8, 4) is 22.4 Å². The molecule has 10 heteroatoms. The lowest BCUT2D eigenvalue weighted by Crippen LogP contribution is -2.46. The Balaban J connectivity index is 0.00000324. The number of pyridine rings is 1. The summed E-state index contributed by atoms with van der Waals surface area (Å²) in [5, 5.41) is 17.0. The van der Waals surface area contributed by atoms with E-state index in [0.29, 0.717) is 22.1 Å². The quantitative estimate of drug-likeness (QED) is 0.292. The van der Waals surface area contributed by atoms with Crippen molar-refractivity contribution in [1.82, 2.24) is 15.3 Å². The van der Waals surface area contributed by atoms with E-state index in [1.807, 2.05) is 41.8 Å². The maximum absolute atomic E-state index is 12.6. The first-order valence-electron chi connectivity index (χ1n) is 10.1. The number of nitrogen functional groups attached to an aromatic ring is 1. The monoisotopic (exact) mass is 493 g/mol. The van der Waals surface area contributed by atoms with Gasteiger partial charge in [-0.25, -0.2) is 4.98 Å². The highest BCUT2D eigenvalue weighted by Crippen LogP contribution is 2.28. The van der Waals surface area contributed by atoms with Gasteiger partial charge in [0.2, 0.25) is 0 Å². The molecule has 4 aromatic rings. The van der Waals surface area contributed by atoms with Gasteiger partial charge in [0.25, 0.3) is 11.8 Å². The molecular weight excluding hydrogens is 470 g/mol. The van der Waals surface area contributed by atoms with Crippen LogP contribution in [0.1, 0.15) is 10.4 Å². The summed E-state index contributed by atoms with van der Waals surface area (Å²) < 4.78 is 0. The summed E-state index contributed by atoms with van der Waals surface area (Å²) in [6, 6.07) is 16.9. The van der Waals surface area contributed by atoms with E-state index < -0.39 is 24.5 Å². The summed E-state index contributed by atoms with van der Waals surface area (Å²) in [7, 11) is 0. The van der Waals surface area contributed by atoms with Crippen LogP contribution >= 0.6 is 24.8 Å². The predicted octanol–water partition coefficient (Wildman–Crippen LogP) is 3.30. The van der Waals surface area contributed by atoms with Gasteiger partial charge in [0.05, 0.1) is 12.3 Å². The molecular formula is C24H23N5O3S2. The summed E-state index contributed by atoms with van der Waals surface area (Å²) in [5.74, 6) is -1.05. The molecule has 2 aromatic carbocycles. The average Bonchev–Trinajstić information content (AvgIpc) is 3.32. The van der Waals surface area contributed by atoms with Crippen molar-refractivity contribution < 1.29 is 14.7 Å². The van der Waals surface area contributed by atoms with E-state index in [1.165, 1.54) is 11.3 Å². The first-order valence-corrected chi connectivity index (χ1v) is 11.0. The third-order valence-corrected chi connectivity index (χ3v) is 5.64. The molecule has 174 valence electrons. The molecule has 1 atom stereocenters. The van der Waals surface area contributed by atoms with Crippen molar-refractivity contribution in [3.63, 3.8) is 0 Å². The zero-order valence-electron chi connectivity index (χ0n) is 17.9. The van der Waals surface area contributed by atoms with Crippen molar-refractivity contribution in [2.24, 2.45) is 0 Å². The Morgan fingerprint density at radius 1 is 1.00 bits per heavy atom. The molecule has 8 nitrogen and oxygen atoms in total. The highest BCUT2D eigenvalue weighted by Gasteiger charge is 2.22. The Labute approximate surface area is 207 Å². The van der Waals surface area contributed by atoms with Gasteiger partial charge >= 0.3 is 0 Å². The van der Waals surface area contributed by atoms with Crippen molar-refractivity contribution >= 4 is 47.5 Å². The van der Waals surface area contributed by atoms with Crippen LogP contribution in [0.2, 0.25) is 0 Å². The van der Waals surface area contributed by atoms with Crippen molar-refractivity contribution in [3.05, 3.63) is 84.0 Å². The summed E-state index contributed by atoms with van der Waals surface area (Å²) >= 11 is 1.26. The minimum absolute atomic E-state index is 0. The molecule has 0 aliphatic carbocycles. The van der Waals surface area contributed by atoms with Crippen molar-refractivity contribution in [2.45, 2.75) is 6.04 Å². The summed E-state index contributed by atoms with van der Waals surface area (Å²) in [4.78, 5) is 33.5. The first-order chi connectivity index (χ1) is 16.0. The third-order valence-electron chi connectivity index (χ3n) is 4.88. The summed E-state index contributed by atoms with van der Waals surface area (Å²) in [6.07, 6.45) is 3.48. The second-order valence-electron chi connectivity index (χ2n) is 7.17. The van der Waals surface area contributed by atoms with Gasteiger partial charge in [-0.05, 0) is 53.6 Å². The Hall–Kier alpha value is -3.73. The zero-order chi connectivity index (χ0) is 23.2. The molecule has 0 aliphatic heterocycles. The SMILES string of the molecule is Nc1ccc(C(=O)N[C@@H](CO)C(=O)Nc2nc(-c3cccc(-c4ccncc4)c3)cs2)cc1.S. The second-order valence-corrected chi connectivity index (χ2v) is 8.03. The normalized spacial score (nSPS) is 11.2. The van der Waals surface area contributed by atoms with Crippen LogP contribution in [0.5, 0.6) is 0 Å². The van der Waals surface area contributed by atoms with E-state index in [0.717, 1.165) is 16.7 Å². The number of nitrogens with two attached hydrogens (primary N) is 1. The number of aliphatic hydroxyl groups is 1. The van der Waals surface area contributed by atoms with Crippen LogP contribution in [0, 0.1) is 0 Å². The molecule has 0 bridgehead atoms. The number of carbonyl (C=O) groups excluding carboxylic acids is 2. The van der Waals surface area contributed by atoms with Crippen LogP contribution in [0.4, 0.5) is 10.8 Å². The van der Waals surface area contributed by atoms with Gasteiger partial charge < -0.3 is 21.5 Å². The van der Waals surface area contributed by atoms with E-state index in [4.69, 9.17) is 5.73 Å². The number of aromatic nitrogens is 2. The number of anilines is 2. The Kier molecular flexibility index (Phi) is 8.36. The van der Waals surface area contributed by atoms with Gasteiger partial charge in [0, 0.05) is 34.6 Å². The van der Waals surface area contributed by atoms with E-state index in [-0.39, 0.29) is 13.5 Å². The molecule has 34 heavy (non-hydrogen) atoms. The molecule has 4 rings (SSSR count). The number of aliphatic hydroxyl groups excluding tert-OH is 1. The van der Waals surface area contributed by atoms with E-state index in [2.05, 4.69) is 20.6 Å². The molecule has 2 amide bonds. The number of thiazole rings is 1. The van der Waals surface area contributed by atoms with E-state index in [9.17, 15) is 14.7 Å². The van der Waals surface area contributed by atoms with Gasteiger partial charge in [-0.15, -0.1) is 11.3 Å². The number of rotatable bonds is 7. The van der Waals surface area contributed by atoms with Crippen LogP contribution in [0.3, 0.4) is 0 Å². The molecule has 2 heterocycles. The Bertz CT molecular complexity index is 1260. The largest absolute Gasteiger partial charge is 0.399 e. The standard InChI is InChI=1S/C24H21N5O3S.H2S/c25-19-6-4-16(5-7-19)22(31)27-20(13-30)23(32)29-24-28-21(14-33-24)18-3-1-2-17(12-18)15-8-10-26-11-9-15;/h1-12,14,20,30H,13,25H2,(H,27,31)(H,28,29,32);1H2/t20-;/m0./s1. The van der Waals surface area contributed by atoms with Crippen molar-refractivity contribution in [1.29, 1.82) is 0 Å². The predicted molar refractivity (Wildman–Crippen MR) is 139 cm³/mol. The Morgan fingerprint density at radius 2 is 1.71 bits per heavy atom. The lowest BCUT2D eigenvalue weighted by atomic mass is 10.0. The topological polar surface area (TPSA) is 130 Å². The summed E-state index contributed by atoms with van der Waals surface area (Å²) in [6.45, 7) is -0.557. The number of nitrogens with one attached hydrogen (secondary N) is 2. The third kappa shape index (κ3) is 5.98. The Morgan fingerprint density at radius 3 is 2.41 bits per heavy atom. The highest BCUT2D eigenvalue weighted by atomic mass is 32.1. The molecule has 0 radical (unpaired) electrons. The number of carbonyl (C=O) groups is 2. The molecule has 0 fully saturated rings. The van der Waals surface area contributed by atoms with Crippen LogP contribution in [0.15, 0.2) is 78.4 Å². The fourth-order valence-electron chi connectivity index (χ4n) is 3.13. The van der Waals surface area contributed by atoms with Gasteiger partial charge in [-0.1, -0.05) is 18.2 Å². The minimum atomic E-state index is -1.13. The lowest BCUT2D eigenvalue weighted by molar-refractivity contribution is -0.118. The summed E-state index contributed by atoms with van der Waals surface area (Å²) in [5.41, 5.74) is 10.2. The van der Waals surface area contributed by atoms with Gasteiger partial charge in [-0.2, -0.15) is 13.5 Å². The van der Waals surface area contributed by atoms with Crippen molar-refractivity contribution in [2.75, 3.05) is 17.7 Å². The molecule has 2 aromatic heterocycles. The minimum Gasteiger partial charge on any atom is -0.399 e. The van der Waals surface area contributed by atoms with E-state index >= 15 is 0 Å². The average molecular weight is 494 g/mol. The zero-order valence-corrected chi connectivity index (χ0v) is 19.8. The molecule has 5 N–H and O–H groups in total. The number of hydrogen-bond acceptors (Lipinski definition) is 7. The van der Waals surface area contributed by atoms with Crippen LogP contribution in [-0.2, 0) is 4.79 Å². The fraction of sp³-hybridized carbons (Fsp3) is 0.0833. The lowest BCUT2D eigenvalue weighted by Gasteiger charge is -2.15. The van der Waals surface area contributed by atoms with Gasteiger partial charge in [0.1, 0.15) is 6.04 Å². The molecule has 0 aliphatic rings. The second kappa shape index (κ2) is 11.4. The number of hydrogen-bond donors (Lipinski definition) is 4. The van der Waals surface area contributed by atoms with E-state index in [1.54, 1.807) is 36.7 Å². The number of benzene rings is 2. The maximum Gasteiger partial charge on any atom is 0.251 e. The van der Waals surface area contributed by atoms with Crippen LogP contribution in [0.25, 0.3) is 22.4 Å². The van der Waals surface area contributed by atoms with Gasteiger partial charge in [0.15, 0.2) is 5.13 Å². The fourth-order valence-corrected chi connectivity index (χ4v) is 3.85.